The molecule has 0 aliphatic carbocycles. The minimum absolute atomic E-state index is 0.00968. The van der Waals surface area contributed by atoms with Crippen LogP contribution in [0.5, 0.6) is 0 Å². The molecule has 1 atom stereocenters. The zero-order valence-electron chi connectivity index (χ0n) is 17.3. The van der Waals surface area contributed by atoms with E-state index < -0.39 is 10.8 Å². The van der Waals surface area contributed by atoms with Crippen molar-refractivity contribution in [1.29, 1.82) is 0 Å². The molecular formula is C22H23N3O5. The van der Waals surface area contributed by atoms with Crippen LogP contribution in [0.3, 0.4) is 0 Å². The number of rotatable bonds is 3. The van der Waals surface area contributed by atoms with E-state index in [2.05, 4.69) is 10.3 Å². The van der Waals surface area contributed by atoms with Crippen LogP contribution in [0.1, 0.15) is 39.0 Å². The van der Waals surface area contributed by atoms with Crippen LogP contribution in [0.15, 0.2) is 41.5 Å². The molecule has 1 N–H and O–H groups in total. The third-order valence-electron chi connectivity index (χ3n) is 5.09. The van der Waals surface area contributed by atoms with Gasteiger partial charge in [0.2, 0.25) is 0 Å². The number of pyridine rings is 1. The molecule has 8 heteroatoms. The number of Topliss-reactive ketones (excluding diaryl/α,β-unsaturated/α-hetero) is 1. The number of non-ortho nitro benzene ring substituents is 1. The maximum Gasteiger partial charge on any atom is 0.313 e. The molecule has 3 heterocycles. The maximum atomic E-state index is 12.0. The predicted molar refractivity (Wildman–Crippen MR) is 112 cm³/mol. The Morgan fingerprint density at radius 3 is 2.77 bits per heavy atom. The molecule has 2 aliphatic heterocycles. The van der Waals surface area contributed by atoms with E-state index in [0.29, 0.717) is 40.0 Å². The lowest BCUT2D eigenvalue weighted by atomic mass is 9.91. The van der Waals surface area contributed by atoms with Gasteiger partial charge in [-0.3, -0.25) is 19.7 Å². The summed E-state index contributed by atoms with van der Waals surface area (Å²) in [5, 5.41) is 15.0. The summed E-state index contributed by atoms with van der Waals surface area (Å²) in [6, 6.07) is 6.54. The largest absolute Gasteiger partial charge is 0.460 e. The van der Waals surface area contributed by atoms with E-state index in [4.69, 9.17) is 4.74 Å². The number of nitro benzene ring substituents is 1. The van der Waals surface area contributed by atoms with Crippen molar-refractivity contribution in [3.63, 3.8) is 0 Å². The molecular weight excluding hydrogens is 386 g/mol. The number of hydrogen-bond acceptors (Lipinski definition) is 7. The summed E-state index contributed by atoms with van der Waals surface area (Å²) < 4.78 is 5.07. The molecule has 0 fully saturated rings. The lowest BCUT2D eigenvalue weighted by Gasteiger charge is -2.22. The molecule has 30 heavy (non-hydrogen) atoms. The molecule has 1 aromatic heterocycles. The molecule has 1 unspecified atom stereocenters. The summed E-state index contributed by atoms with van der Waals surface area (Å²) in [7, 11) is 0. The van der Waals surface area contributed by atoms with Crippen LogP contribution < -0.4 is 5.32 Å². The number of ether oxygens (including phenoxy) is 1. The third kappa shape index (κ3) is 3.68. The minimum atomic E-state index is -0.562. The number of ketones is 1. The van der Waals surface area contributed by atoms with E-state index in [1.807, 2.05) is 13.8 Å². The average Bonchev–Trinajstić information content (AvgIpc) is 3.12. The fourth-order valence-electron chi connectivity index (χ4n) is 3.55. The van der Waals surface area contributed by atoms with Gasteiger partial charge >= 0.3 is 5.97 Å². The van der Waals surface area contributed by atoms with Crippen LogP contribution >= 0.6 is 0 Å². The van der Waals surface area contributed by atoms with Crippen LogP contribution in [-0.2, 0) is 20.9 Å². The van der Waals surface area contributed by atoms with Gasteiger partial charge in [-0.05, 0) is 43.2 Å². The summed E-state index contributed by atoms with van der Waals surface area (Å²) in [6.07, 6.45) is 1.77. The Bertz CT molecular complexity index is 1120. The summed E-state index contributed by atoms with van der Waals surface area (Å²) in [4.78, 5) is 39.4. The Kier molecular flexibility index (Phi) is 5.96. The van der Waals surface area contributed by atoms with E-state index in [0.717, 1.165) is 5.56 Å². The molecule has 0 spiro atoms. The second-order valence-electron chi connectivity index (χ2n) is 6.83. The van der Waals surface area contributed by atoms with Gasteiger partial charge in [0, 0.05) is 18.2 Å². The molecule has 2 aliphatic rings. The first-order chi connectivity index (χ1) is 14.4. The second kappa shape index (κ2) is 8.44. The Morgan fingerprint density at radius 2 is 2.10 bits per heavy atom. The van der Waals surface area contributed by atoms with Gasteiger partial charge < -0.3 is 10.1 Å². The molecule has 0 bridgehead atoms. The molecule has 0 saturated carbocycles. The van der Waals surface area contributed by atoms with Crippen molar-refractivity contribution in [1.82, 2.24) is 10.3 Å². The van der Waals surface area contributed by atoms with Gasteiger partial charge in [0.05, 0.1) is 33.1 Å². The van der Waals surface area contributed by atoms with E-state index in [9.17, 15) is 19.7 Å². The smallest absolute Gasteiger partial charge is 0.313 e. The summed E-state index contributed by atoms with van der Waals surface area (Å²) in [5.74, 6) is -1.09. The Hall–Kier alpha value is -3.55. The third-order valence-corrected chi connectivity index (χ3v) is 5.09. The van der Waals surface area contributed by atoms with Crippen molar-refractivity contribution < 1.29 is 19.2 Å². The Labute approximate surface area is 173 Å². The highest BCUT2D eigenvalue weighted by molar-refractivity contribution is 5.98. The average molecular weight is 409 g/mol. The fraction of sp³-hybridized carbons (Fsp3) is 0.318. The molecule has 0 saturated heterocycles. The molecule has 156 valence electrons. The van der Waals surface area contributed by atoms with Gasteiger partial charge in [0.15, 0.2) is 5.78 Å². The summed E-state index contributed by atoms with van der Waals surface area (Å²) in [5.41, 5.74) is 3.76. The fourth-order valence-corrected chi connectivity index (χ4v) is 3.55. The van der Waals surface area contributed by atoms with Crippen LogP contribution in [0.2, 0.25) is 0 Å². The molecule has 4 rings (SSSR count). The van der Waals surface area contributed by atoms with Gasteiger partial charge in [0.1, 0.15) is 6.61 Å². The highest BCUT2D eigenvalue weighted by atomic mass is 16.6. The number of cyclic esters (lactones) is 1. The number of allylic oxidation sites excluding steroid dienone is 1. The van der Waals surface area contributed by atoms with Crippen molar-refractivity contribution in [3.8, 4) is 0 Å². The van der Waals surface area contributed by atoms with Crippen molar-refractivity contribution >= 4 is 34.0 Å². The molecule has 0 radical (unpaired) electrons. The van der Waals surface area contributed by atoms with Crippen molar-refractivity contribution in [2.75, 3.05) is 6.61 Å². The first-order valence-corrected chi connectivity index (χ1v) is 9.80. The second-order valence-corrected chi connectivity index (χ2v) is 6.83. The zero-order chi connectivity index (χ0) is 22.0. The number of carbonyl (C=O) groups is 2. The molecule has 8 nitrogen and oxygen atoms in total. The van der Waals surface area contributed by atoms with Crippen molar-refractivity contribution in [2.45, 2.75) is 34.2 Å². The van der Waals surface area contributed by atoms with Gasteiger partial charge in [0.25, 0.3) is 5.69 Å². The maximum absolute atomic E-state index is 12.0. The van der Waals surface area contributed by atoms with Crippen LogP contribution in [0.4, 0.5) is 5.69 Å². The number of carbonyl (C=O) groups excluding carboxylic acids is 2. The van der Waals surface area contributed by atoms with Gasteiger partial charge in [-0.25, -0.2) is 4.98 Å². The quantitative estimate of drug-likeness (QED) is 0.467. The van der Waals surface area contributed by atoms with E-state index in [-0.39, 0.29) is 24.0 Å². The number of nitro groups is 1. The Balaban J connectivity index is 0.00000124. The standard InChI is InChI=1S/C20H17N3O5.C2H6/c1-10-13(15(11(2)24)9-28-20(10)25)7-17-19-12(8-21-17)6-14-16(22-19)4-3-5-18(14)23(26)27;1-2/h3-7,10,21H,8-9H2,1-2H3;1-2H3/b17-7-;. The Morgan fingerprint density at radius 1 is 1.37 bits per heavy atom. The summed E-state index contributed by atoms with van der Waals surface area (Å²) >= 11 is 0. The number of nitrogens with zero attached hydrogens (tertiary/aromatic N) is 2. The zero-order valence-corrected chi connectivity index (χ0v) is 17.3. The molecule has 2 aromatic rings. The molecule has 1 aromatic carbocycles. The molecule has 0 amide bonds. The normalized spacial score (nSPS) is 19.0. The van der Waals surface area contributed by atoms with E-state index in [1.54, 1.807) is 31.2 Å². The first kappa shape index (κ1) is 21.2. The van der Waals surface area contributed by atoms with Crippen LogP contribution in [0.25, 0.3) is 16.6 Å². The van der Waals surface area contributed by atoms with Crippen LogP contribution in [-0.4, -0.2) is 28.3 Å². The van der Waals surface area contributed by atoms with E-state index >= 15 is 0 Å². The summed E-state index contributed by atoms with van der Waals surface area (Å²) in [6.45, 7) is 7.56. The highest BCUT2D eigenvalue weighted by Crippen LogP contribution is 2.33. The number of esters is 1. The lowest BCUT2D eigenvalue weighted by Crippen LogP contribution is -2.27. The van der Waals surface area contributed by atoms with Crippen LogP contribution in [0, 0.1) is 16.0 Å². The van der Waals surface area contributed by atoms with Gasteiger partial charge in [-0.1, -0.05) is 19.9 Å². The number of fused-ring (bicyclic) bond motifs is 2. The van der Waals surface area contributed by atoms with Crippen molar-refractivity contribution in [2.24, 2.45) is 5.92 Å². The topological polar surface area (TPSA) is 111 Å². The number of aromatic nitrogens is 1. The first-order valence-electron chi connectivity index (χ1n) is 9.80. The minimum Gasteiger partial charge on any atom is -0.460 e. The lowest BCUT2D eigenvalue weighted by molar-refractivity contribution is -0.383. The predicted octanol–water partition coefficient (Wildman–Crippen LogP) is 3.69. The van der Waals surface area contributed by atoms with E-state index in [1.165, 1.54) is 13.0 Å². The number of benzene rings is 1. The monoisotopic (exact) mass is 409 g/mol. The number of hydrogen-bond donors (Lipinski definition) is 1. The SMILES string of the molecule is CC.CC(=O)C1=C(/C=C2\NCc3cc4c([N+](=O)[O-])cccc4nc32)C(C)C(=O)OC1. The highest BCUT2D eigenvalue weighted by Gasteiger charge is 2.30. The van der Waals surface area contributed by atoms with Gasteiger partial charge in [-0.2, -0.15) is 0 Å². The number of nitrogens with one attached hydrogen (secondary N) is 1. The van der Waals surface area contributed by atoms with Gasteiger partial charge in [-0.15, -0.1) is 0 Å². The van der Waals surface area contributed by atoms with Crippen molar-refractivity contribution in [3.05, 3.63) is 62.9 Å².